The van der Waals surface area contributed by atoms with E-state index in [0.717, 1.165) is 89.2 Å². The predicted octanol–water partition coefficient (Wildman–Crippen LogP) is 4.02. The molecule has 0 radical (unpaired) electrons. The van der Waals surface area contributed by atoms with Gasteiger partial charge in [-0.1, -0.05) is 75.2 Å². The van der Waals surface area contributed by atoms with Crippen LogP contribution in [0.5, 0.6) is 0 Å². The first-order chi connectivity index (χ1) is 16.6. The lowest BCUT2D eigenvalue weighted by molar-refractivity contribution is 0.122. The second-order valence-corrected chi connectivity index (χ2v) is 9.19. The molecule has 1 aliphatic heterocycles. The van der Waals surface area contributed by atoms with Gasteiger partial charge in [0.2, 0.25) is 0 Å². The molecule has 4 N–H and O–H groups in total. The molecule has 0 aliphatic carbocycles. The van der Waals surface area contributed by atoms with Crippen LogP contribution in [0.3, 0.4) is 0 Å². The third-order valence-electron chi connectivity index (χ3n) is 6.36. The van der Waals surface area contributed by atoms with E-state index in [1.165, 1.54) is 11.1 Å². The second-order valence-electron chi connectivity index (χ2n) is 9.19. The molecule has 0 bridgehead atoms. The lowest BCUT2D eigenvalue weighted by Gasteiger charge is -2.34. The molecule has 0 unspecified atom stereocenters. The van der Waals surface area contributed by atoms with Crippen LogP contribution in [0.4, 0.5) is 0 Å². The number of piperazine rings is 1. The first-order valence-corrected chi connectivity index (χ1v) is 12.8. The molecule has 6 nitrogen and oxygen atoms in total. The number of hydrogen-bond donors (Lipinski definition) is 2. The van der Waals surface area contributed by atoms with Gasteiger partial charge in [0.25, 0.3) is 0 Å². The molecule has 1 aliphatic rings. The summed E-state index contributed by atoms with van der Waals surface area (Å²) < 4.78 is 0. The number of nitrogens with two attached hydrogens (primary N) is 2. The summed E-state index contributed by atoms with van der Waals surface area (Å²) in [6.07, 6.45) is 4.44. The summed E-state index contributed by atoms with van der Waals surface area (Å²) in [5.74, 6) is 1.29. The van der Waals surface area contributed by atoms with E-state index >= 15 is 0 Å². The van der Waals surface area contributed by atoms with Crippen molar-refractivity contribution in [2.75, 3.05) is 39.3 Å². The number of amidine groups is 2. The number of hydrogen-bond acceptors (Lipinski definition) is 4. The molecule has 2 aromatic carbocycles. The Hall–Kier alpha value is -2.70. The van der Waals surface area contributed by atoms with Crippen molar-refractivity contribution in [1.29, 1.82) is 0 Å². The maximum atomic E-state index is 6.12. The smallest absolute Gasteiger partial charge is 0.125 e. The van der Waals surface area contributed by atoms with Gasteiger partial charge in [0.15, 0.2) is 0 Å². The molecular weight excluding hydrogens is 420 g/mol. The number of aliphatic imine (C=N–C) groups is 2. The summed E-state index contributed by atoms with van der Waals surface area (Å²) in [6, 6.07) is 17.1. The van der Waals surface area contributed by atoms with Crippen LogP contribution < -0.4 is 11.5 Å². The molecule has 6 heteroatoms. The minimum Gasteiger partial charge on any atom is -0.384 e. The molecule has 1 saturated heterocycles. The Labute approximate surface area is 205 Å². The summed E-state index contributed by atoms with van der Waals surface area (Å²) in [4.78, 5) is 14.0. The van der Waals surface area contributed by atoms with Crippen LogP contribution in [0.25, 0.3) is 0 Å². The molecule has 0 aromatic heterocycles. The van der Waals surface area contributed by atoms with Gasteiger partial charge in [-0.25, -0.2) is 0 Å². The fourth-order valence-electron chi connectivity index (χ4n) is 4.08. The SMILES string of the molecule is CCCCN=C(N)c1ccc(CN2CCN(Cc3ccc(C(N)=NCCCC)cc3)CC2)cc1. The molecule has 1 heterocycles. The largest absolute Gasteiger partial charge is 0.384 e. The molecular formula is C28H42N6. The van der Waals surface area contributed by atoms with Crippen LogP contribution >= 0.6 is 0 Å². The highest BCUT2D eigenvalue weighted by Gasteiger charge is 2.17. The third kappa shape index (κ3) is 8.26. The Balaban J connectivity index is 1.43. The standard InChI is InChI=1S/C28H42N6/c1-3-5-15-31-27(29)25-11-7-23(8-12-25)21-33-17-19-34(20-18-33)22-24-9-13-26(14-10-24)28(30)32-16-6-4-2/h7-14H,3-6,15-22H2,1-2H3,(H2,29,31)(H2,30,32). The first-order valence-electron chi connectivity index (χ1n) is 12.8. The van der Waals surface area contributed by atoms with Crippen LogP contribution in [-0.2, 0) is 13.1 Å². The Kier molecular flexibility index (Phi) is 10.6. The monoisotopic (exact) mass is 462 g/mol. The van der Waals surface area contributed by atoms with Crippen LogP contribution in [0, 0.1) is 0 Å². The van der Waals surface area contributed by atoms with E-state index in [4.69, 9.17) is 11.5 Å². The van der Waals surface area contributed by atoms with Gasteiger partial charge in [0.05, 0.1) is 0 Å². The van der Waals surface area contributed by atoms with Gasteiger partial charge in [0, 0.05) is 63.5 Å². The van der Waals surface area contributed by atoms with Gasteiger partial charge < -0.3 is 11.5 Å². The molecule has 1 fully saturated rings. The van der Waals surface area contributed by atoms with Crippen LogP contribution in [0.15, 0.2) is 58.5 Å². The predicted molar refractivity (Wildman–Crippen MR) is 144 cm³/mol. The molecule has 0 atom stereocenters. The second kappa shape index (κ2) is 13.9. The maximum absolute atomic E-state index is 6.12. The molecule has 0 amide bonds. The lowest BCUT2D eigenvalue weighted by Crippen LogP contribution is -2.45. The fraction of sp³-hybridized carbons (Fsp3) is 0.500. The van der Waals surface area contributed by atoms with Gasteiger partial charge in [-0.3, -0.25) is 19.8 Å². The molecule has 0 saturated carbocycles. The Morgan fingerprint density at radius 2 is 1.00 bits per heavy atom. The van der Waals surface area contributed by atoms with E-state index in [9.17, 15) is 0 Å². The highest BCUT2D eigenvalue weighted by Crippen LogP contribution is 2.13. The average molecular weight is 463 g/mol. The number of rotatable bonds is 12. The highest BCUT2D eigenvalue weighted by molar-refractivity contribution is 5.97. The van der Waals surface area contributed by atoms with Gasteiger partial charge in [-0.05, 0) is 24.0 Å². The first kappa shape index (κ1) is 25.9. The molecule has 34 heavy (non-hydrogen) atoms. The number of unbranched alkanes of at least 4 members (excludes halogenated alkanes) is 2. The summed E-state index contributed by atoms with van der Waals surface area (Å²) in [6.45, 7) is 12.2. The van der Waals surface area contributed by atoms with Crippen molar-refractivity contribution in [1.82, 2.24) is 9.80 Å². The summed E-state index contributed by atoms with van der Waals surface area (Å²) >= 11 is 0. The molecule has 0 spiro atoms. The van der Waals surface area contributed by atoms with Gasteiger partial charge in [0.1, 0.15) is 11.7 Å². The zero-order chi connectivity index (χ0) is 24.2. The highest BCUT2D eigenvalue weighted by atomic mass is 15.3. The third-order valence-corrected chi connectivity index (χ3v) is 6.36. The minimum absolute atomic E-state index is 0.646. The Morgan fingerprint density at radius 1 is 0.647 bits per heavy atom. The lowest BCUT2D eigenvalue weighted by atomic mass is 10.1. The van der Waals surface area contributed by atoms with Gasteiger partial charge in [-0.15, -0.1) is 0 Å². The zero-order valence-corrected chi connectivity index (χ0v) is 21.0. The minimum atomic E-state index is 0.646. The summed E-state index contributed by atoms with van der Waals surface area (Å²) in [5, 5.41) is 0. The van der Waals surface area contributed by atoms with Gasteiger partial charge in [-0.2, -0.15) is 0 Å². The number of nitrogens with zero attached hydrogens (tertiary/aromatic N) is 4. The molecule has 184 valence electrons. The van der Waals surface area contributed by atoms with Crippen molar-refractivity contribution in [3.63, 3.8) is 0 Å². The molecule has 2 aromatic rings. The normalized spacial score (nSPS) is 16.2. The van der Waals surface area contributed by atoms with Crippen molar-refractivity contribution >= 4 is 11.7 Å². The van der Waals surface area contributed by atoms with E-state index in [-0.39, 0.29) is 0 Å². The van der Waals surface area contributed by atoms with Crippen molar-refractivity contribution < 1.29 is 0 Å². The zero-order valence-electron chi connectivity index (χ0n) is 21.0. The summed E-state index contributed by atoms with van der Waals surface area (Å²) in [5.41, 5.74) is 16.9. The average Bonchev–Trinajstić information content (AvgIpc) is 2.86. The topological polar surface area (TPSA) is 83.2 Å². The van der Waals surface area contributed by atoms with E-state index in [0.29, 0.717) is 11.7 Å². The Morgan fingerprint density at radius 3 is 1.32 bits per heavy atom. The maximum Gasteiger partial charge on any atom is 0.125 e. The van der Waals surface area contributed by atoms with E-state index in [2.05, 4.69) is 82.2 Å². The Bertz CT molecular complexity index is 831. The van der Waals surface area contributed by atoms with Crippen molar-refractivity contribution in [3.05, 3.63) is 70.8 Å². The van der Waals surface area contributed by atoms with Gasteiger partial charge >= 0.3 is 0 Å². The fourth-order valence-corrected chi connectivity index (χ4v) is 4.08. The number of benzene rings is 2. The summed E-state index contributed by atoms with van der Waals surface area (Å²) in [7, 11) is 0. The van der Waals surface area contributed by atoms with Crippen LogP contribution in [0.2, 0.25) is 0 Å². The molecule has 3 rings (SSSR count). The van der Waals surface area contributed by atoms with E-state index in [1.54, 1.807) is 0 Å². The van der Waals surface area contributed by atoms with E-state index < -0.39 is 0 Å². The van der Waals surface area contributed by atoms with Crippen LogP contribution in [0.1, 0.15) is 61.8 Å². The van der Waals surface area contributed by atoms with E-state index in [1.807, 2.05) is 0 Å². The van der Waals surface area contributed by atoms with Crippen LogP contribution in [-0.4, -0.2) is 60.7 Å². The van der Waals surface area contributed by atoms with Crippen molar-refractivity contribution in [2.45, 2.75) is 52.6 Å². The van der Waals surface area contributed by atoms with Crippen molar-refractivity contribution in [3.8, 4) is 0 Å². The quantitative estimate of drug-likeness (QED) is 0.284. The van der Waals surface area contributed by atoms with Crippen molar-refractivity contribution in [2.24, 2.45) is 21.5 Å².